The van der Waals surface area contributed by atoms with Gasteiger partial charge in [0.25, 0.3) is 0 Å². The lowest BCUT2D eigenvalue weighted by molar-refractivity contribution is 0.564. The molecule has 0 radical (unpaired) electrons. The Balaban J connectivity index is 1.14. The number of hydrogen-bond acceptors (Lipinski definition) is 5. The minimum Gasteiger partial charge on any atom is -0.241 e. The molecule has 2 aromatic carbocycles. The molecule has 3 heterocycles. The number of nitrogens with zero attached hydrogens (tertiary/aromatic N) is 2. The third kappa shape index (κ3) is 8.74. The van der Waals surface area contributed by atoms with Gasteiger partial charge >= 0.3 is 0 Å². The smallest absolute Gasteiger partial charge is 0.0938 e. The van der Waals surface area contributed by atoms with Gasteiger partial charge in [0.15, 0.2) is 0 Å². The molecule has 0 bridgehead atoms. The van der Waals surface area contributed by atoms with Crippen molar-refractivity contribution in [2.24, 2.45) is 0 Å². The minimum atomic E-state index is 1.13. The zero-order valence-electron chi connectivity index (χ0n) is 25.6. The summed E-state index contributed by atoms with van der Waals surface area (Å²) >= 11 is 5.73. The van der Waals surface area contributed by atoms with E-state index in [1.165, 1.54) is 166 Å². The predicted octanol–water partition coefficient (Wildman–Crippen LogP) is 13.4. The van der Waals surface area contributed by atoms with Crippen LogP contribution in [0, 0.1) is 0 Å². The molecule has 0 saturated carbocycles. The van der Waals surface area contributed by atoms with E-state index in [1.807, 2.05) is 34.0 Å². The molecule has 2 nitrogen and oxygen atoms in total. The van der Waals surface area contributed by atoms with Gasteiger partial charge in [-0.1, -0.05) is 117 Å². The fraction of sp³-hybridized carbons (Fsp3) is 0.611. The predicted molar refractivity (Wildman–Crippen MR) is 188 cm³/mol. The van der Waals surface area contributed by atoms with Crippen molar-refractivity contribution in [3.05, 3.63) is 34.3 Å². The summed E-state index contributed by atoms with van der Waals surface area (Å²) in [7, 11) is 0. The third-order valence-electron chi connectivity index (χ3n) is 8.57. The van der Waals surface area contributed by atoms with E-state index in [-0.39, 0.29) is 0 Å². The van der Waals surface area contributed by atoms with Gasteiger partial charge in [-0.25, -0.2) is 9.97 Å². The van der Waals surface area contributed by atoms with E-state index in [0.717, 1.165) is 12.8 Å². The van der Waals surface area contributed by atoms with E-state index in [0.29, 0.717) is 0 Å². The largest absolute Gasteiger partial charge is 0.241 e. The summed E-state index contributed by atoms with van der Waals surface area (Å²) in [6.45, 7) is 4.59. The first-order valence-corrected chi connectivity index (χ1v) is 19.2. The van der Waals surface area contributed by atoms with Gasteiger partial charge in [0.05, 0.1) is 30.4 Å². The van der Waals surface area contributed by atoms with Crippen molar-refractivity contribution in [3.8, 4) is 0 Å². The average molecular weight is 607 g/mol. The molecule has 5 rings (SSSR count). The van der Waals surface area contributed by atoms with Crippen molar-refractivity contribution in [2.45, 2.75) is 142 Å². The van der Waals surface area contributed by atoms with Crippen molar-refractivity contribution >= 4 is 74.6 Å². The Morgan fingerprint density at radius 1 is 0.415 bits per heavy atom. The fourth-order valence-electron chi connectivity index (χ4n) is 6.10. The number of thiazole rings is 2. The fourth-order valence-corrected chi connectivity index (χ4v) is 9.30. The summed E-state index contributed by atoms with van der Waals surface area (Å²) in [6, 6.07) is 9.50. The maximum atomic E-state index is 5.04. The van der Waals surface area contributed by atoms with Crippen LogP contribution in [0.4, 0.5) is 0 Å². The molecule has 0 aliphatic rings. The van der Waals surface area contributed by atoms with Gasteiger partial charge in [0.1, 0.15) is 0 Å². The zero-order valence-corrected chi connectivity index (χ0v) is 28.0. The Labute approximate surface area is 260 Å². The Morgan fingerprint density at radius 3 is 1.17 bits per heavy atom. The maximum absolute atomic E-state index is 5.04. The third-order valence-corrected chi connectivity index (χ3v) is 11.8. The normalized spacial score (nSPS) is 12.1. The van der Waals surface area contributed by atoms with Crippen LogP contribution in [0.25, 0.3) is 40.6 Å². The Kier molecular flexibility index (Phi) is 12.3. The van der Waals surface area contributed by atoms with Gasteiger partial charge in [0, 0.05) is 20.2 Å². The first-order chi connectivity index (χ1) is 20.2. The van der Waals surface area contributed by atoms with Gasteiger partial charge in [-0.05, 0) is 49.9 Å². The second-order valence-corrected chi connectivity index (χ2v) is 15.4. The number of unbranched alkanes of at least 4 members (excludes halogenated alkanes) is 16. The topological polar surface area (TPSA) is 25.8 Å². The van der Waals surface area contributed by atoms with E-state index >= 15 is 0 Å². The molecule has 0 atom stereocenters. The standard InChI is InChI=1S/C36H50N2S3/c1-3-5-7-9-11-13-15-17-19-21-35-37-29-25-31-27(23-33(29)40-35)28-24-34-30(26-32(28)39-31)38-36(41-34)22-20-18-16-14-12-10-8-6-4-2/h23-26H,3-22H2,1-2H3. The van der Waals surface area contributed by atoms with Crippen LogP contribution in [-0.4, -0.2) is 9.97 Å². The second kappa shape index (κ2) is 16.3. The second-order valence-electron chi connectivity index (χ2n) is 12.1. The first kappa shape index (κ1) is 30.9. The van der Waals surface area contributed by atoms with E-state index in [9.17, 15) is 0 Å². The summed E-state index contributed by atoms with van der Waals surface area (Å²) in [5, 5.41) is 5.42. The summed E-state index contributed by atoms with van der Waals surface area (Å²) in [5.41, 5.74) is 2.37. The first-order valence-electron chi connectivity index (χ1n) is 16.8. The lowest BCUT2D eigenvalue weighted by Gasteiger charge is -2.01. The van der Waals surface area contributed by atoms with Crippen LogP contribution in [0.2, 0.25) is 0 Å². The molecule has 0 aliphatic heterocycles. The number of hydrogen-bond donors (Lipinski definition) is 0. The molecule has 0 saturated heterocycles. The number of fused-ring (bicyclic) bond motifs is 5. The molecule has 222 valence electrons. The van der Waals surface area contributed by atoms with E-state index in [4.69, 9.17) is 9.97 Å². The lowest BCUT2D eigenvalue weighted by Crippen LogP contribution is -1.85. The summed E-state index contributed by atoms with van der Waals surface area (Å²) in [6.07, 6.45) is 27.1. The Hall–Kier alpha value is -1.56. The molecular formula is C36H50N2S3. The molecule has 5 heteroatoms. The average Bonchev–Trinajstić information content (AvgIpc) is 3.66. The van der Waals surface area contributed by atoms with E-state index in [2.05, 4.69) is 38.1 Å². The van der Waals surface area contributed by atoms with Gasteiger partial charge in [0.2, 0.25) is 0 Å². The van der Waals surface area contributed by atoms with Gasteiger partial charge in [-0.3, -0.25) is 0 Å². The molecule has 0 spiro atoms. The van der Waals surface area contributed by atoms with E-state index < -0.39 is 0 Å². The maximum Gasteiger partial charge on any atom is 0.0938 e. The molecule has 3 aromatic heterocycles. The lowest BCUT2D eigenvalue weighted by atomic mass is 10.1. The molecule has 0 fully saturated rings. The van der Waals surface area contributed by atoms with Crippen molar-refractivity contribution in [3.63, 3.8) is 0 Å². The Bertz CT molecular complexity index is 1380. The Morgan fingerprint density at radius 2 is 0.780 bits per heavy atom. The van der Waals surface area contributed by atoms with Crippen LogP contribution in [0.15, 0.2) is 24.3 Å². The van der Waals surface area contributed by atoms with Crippen LogP contribution in [0.1, 0.15) is 139 Å². The van der Waals surface area contributed by atoms with Crippen LogP contribution in [0.3, 0.4) is 0 Å². The molecule has 0 N–H and O–H groups in total. The molecule has 0 amide bonds. The quantitative estimate of drug-likeness (QED) is 0.0824. The SMILES string of the molecule is CCCCCCCCCCCc1nc2cc3sc4cc5nc(CCCCCCCCCCC)sc5cc4c3cc2s1. The van der Waals surface area contributed by atoms with Gasteiger partial charge in [-0.2, -0.15) is 0 Å². The van der Waals surface area contributed by atoms with Crippen LogP contribution in [-0.2, 0) is 12.8 Å². The van der Waals surface area contributed by atoms with Crippen LogP contribution in [0.5, 0.6) is 0 Å². The van der Waals surface area contributed by atoms with Crippen LogP contribution >= 0.6 is 34.0 Å². The molecular weight excluding hydrogens is 557 g/mol. The number of aromatic nitrogens is 2. The summed E-state index contributed by atoms with van der Waals surface area (Å²) < 4.78 is 5.41. The monoisotopic (exact) mass is 606 g/mol. The summed E-state index contributed by atoms with van der Waals surface area (Å²) in [4.78, 5) is 10.1. The van der Waals surface area contributed by atoms with Crippen LogP contribution < -0.4 is 0 Å². The molecule has 0 aliphatic carbocycles. The highest BCUT2D eigenvalue weighted by atomic mass is 32.1. The van der Waals surface area contributed by atoms with Crippen molar-refractivity contribution in [1.82, 2.24) is 9.97 Å². The van der Waals surface area contributed by atoms with Crippen molar-refractivity contribution in [1.29, 1.82) is 0 Å². The highest BCUT2D eigenvalue weighted by Gasteiger charge is 2.13. The number of aryl methyl sites for hydroxylation is 2. The molecule has 5 aromatic rings. The number of rotatable bonds is 20. The summed E-state index contributed by atoms with van der Waals surface area (Å²) in [5.74, 6) is 0. The minimum absolute atomic E-state index is 1.13. The molecule has 41 heavy (non-hydrogen) atoms. The zero-order chi connectivity index (χ0) is 28.3. The highest BCUT2D eigenvalue weighted by molar-refractivity contribution is 7.26. The van der Waals surface area contributed by atoms with Crippen molar-refractivity contribution in [2.75, 3.05) is 0 Å². The molecule has 0 unspecified atom stereocenters. The van der Waals surface area contributed by atoms with E-state index in [1.54, 1.807) is 0 Å². The van der Waals surface area contributed by atoms with Crippen molar-refractivity contribution < 1.29 is 0 Å². The highest BCUT2D eigenvalue weighted by Crippen LogP contribution is 2.40. The van der Waals surface area contributed by atoms with Gasteiger partial charge in [-0.15, -0.1) is 34.0 Å². The number of benzene rings is 2. The van der Waals surface area contributed by atoms with Gasteiger partial charge < -0.3 is 0 Å². The number of thiophene rings is 1.